The molecule has 0 aliphatic heterocycles. The summed E-state index contributed by atoms with van der Waals surface area (Å²) in [5.41, 5.74) is 3.23. The lowest BCUT2D eigenvalue weighted by Gasteiger charge is -2.04. The van der Waals surface area contributed by atoms with Crippen molar-refractivity contribution < 1.29 is 0 Å². The van der Waals surface area contributed by atoms with Crippen molar-refractivity contribution in [3.63, 3.8) is 0 Å². The molecule has 2 rings (SSSR count). The zero-order valence-corrected chi connectivity index (χ0v) is 11.5. The molecule has 3 nitrogen and oxygen atoms in total. The van der Waals surface area contributed by atoms with Crippen molar-refractivity contribution in [2.24, 2.45) is 4.99 Å². The molecule has 0 aliphatic rings. The summed E-state index contributed by atoms with van der Waals surface area (Å²) in [7, 11) is 1.78. The Morgan fingerprint density at radius 2 is 2.24 bits per heavy atom. The Bertz CT molecular complexity index is 543. The Morgan fingerprint density at radius 3 is 2.94 bits per heavy atom. The van der Waals surface area contributed by atoms with Crippen LogP contribution in [0.3, 0.4) is 0 Å². The van der Waals surface area contributed by atoms with Crippen molar-refractivity contribution in [3.05, 3.63) is 46.2 Å². The fraction of sp³-hybridized carbons (Fsp3) is 0.231. The molecule has 0 spiro atoms. The average molecular weight is 292 g/mol. The number of benzene rings is 1. The van der Waals surface area contributed by atoms with Crippen molar-refractivity contribution in [1.29, 1.82) is 0 Å². The minimum absolute atomic E-state index is 0.776. The second kappa shape index (κ2) is 5.27. The maximum atomic E-state index is 4.56. The topological polar surface area (TPSA) is 30.2 Å². The van der Waals surface area contributed by atoms with Crippen molar-refractivity contribution >= 4 is 22.1 Å². The first kappa shape index (κ1) is 12.0. The molecular formula is C13H14BrN3. The Balaban J connectivity index is 2.35. The molecule has 0 aliphatic carbocycles. The van der Waals surface area contributed by atoms with Gasteiger partial charge in [0.2, 0.25) is 0 Å². The molecule has 0 atom stereocenters. The number of hydrogen-bond donors (Lipinski definition) is 0. The van der Waals surface area contributed by atoms with E-state index in [1.54, 1.807) is 7.05 Å². The van der Waals surface area contributed by atoms with Crippen LogP contribution in [-0.2, 0) is 6.42 Å². The first-order valence-corrected chi connectivity index (χ1v) is 6.22. The first-order chi connectivity index (χ1) is 8.20. The molecule has 17 heavy (non-hydrogen) atoms. The van der Waals surface area contributed by atoms with E-state index in [1.807, 2.05) is 29.1 Å². The number of aromatic nitrogens is 2. The summed E-state index contributed by atoms with van der Waals surface area (Å²) in [5.74, 6) is 0. The van der Waals surface area contributed by atoms with E-state index in [0.717, 1.165) is 28.0 Å². The van der Waals surface area contributed by atoms with Gasteiger partial charge in [-0.05, 0) is 31.2 Å². The lowest BCUT2D eigenvalue weighted by molar-refractivity contribution is 0.828. The van der Waals surface area contributed by atoms with Crippen molar-refractivity contribution in [3.8, 4) is 5.69 Å². The standard InChI is InChI=1S/C13H14BrN3/c1-10-8-12(6-7-15-2)16-17(10)13-5-3-4-11(14)9-13/h3-5,7-9H,6H2,1-2H3. The average Bonchev–Trinajstić information content (AvgIpc) is 2.68. The summed E-state index contributed by atoms with van der Waals surface area (Å²) in [5, 5.41) is 4.56. The second-order valence-electron chi connectivity index (χ2n) is 3.81. The molecule has 0 fully saturated rings. The number of nitrogens with zero attached hydrogens (tertiary/aromatic N) is 3. The number of halogens is 1. The van der Waals surface area contributed by atoms with E-state index in [0.29, 0.717) is 0 Å². The SMILES string of the molecule is CN=CCc1cc(C)n(-c2cccc(Br)c2)n1. The largest absolute Gasteiger partial charge is 0.300 e. The number of aryl methyl sites for hydroxylation is 1. The van der Waals surface area contributed by atoms with Crippen LogP contribution >= 0.6 is 15.9 Å². The molecule has 0 bridgehead atoms. The summed E-state index contributed by atoms with van der Waals surface area (Å²) < 4.78 is 3.01. The Kier molecular flexibility index (Phi) is 3.74. The normalized spacial score (nSPS) is 11.2. The first-order valence-electron chi connectivity index (χ1n) is 5.43. The van der Waals surface area contributed by atoms with E-state index >= 15 is 0 Å². The van der Waals surface area contributed by atoms with Crippen molar-refractivity contribution in [2.45, 2.75) is 13.3 Å². The fourth-order valence-corrected chi connectivity index (χ4v) is 2.08. The van der Waals surface area contributed by atoms with Crippen LogP contribution in [0.5, 0.6) is 0 Å². The van der Waals surface area contributed by atoms with Gasteiger partial charge < -0.3 is 4.99 Å². The third-order valence-corrected chi connectivity index (χ3v) is 2.97. The maximum Gasteiger partial charge on any atom is 0.0684 e. The molecule has 88 valence electrons. The van der Waals surface area contributed by atoms with E-state index in [2.05, 4.69) is 45.1 Å². The van der Waals surface area contributed by atoms with Gasteiger partial charge in [0, 0.05) is 29.8 Å². The molecule has 0 saturated heterocycles. The van der Waals surface area contributed by atoms with Crippen LogP contribution in [0.25, 0.3) is 5.69 Å². The van der Waals surface area contributed by atoms with Gasteiger partial charge in [-0.1, -0.05) is 22.0 Å². The molecule has 4 heteroatoms. The summed E-state index contributed by atoms with van der Waals surface area (Å²) in [4.78, 5) is 3.97. The van der Waals surface area contributed by atoms with Crippen LogP contribution in [0.4, 0.5) is 0 Å². The minimum atomic E-state index is 0.776. The van der Waals surface area contributed by atoms with Gasteiger partial charge in [0.25, 0.3) is 0 Å². The third kappa shape index (κ3) is 2.82. The Hall–Kier alpha value is -1.42. The van der Waals surface area contributed by atoms with Crippen LogP contribution in [0.15, 0.2) is 39.8 Å². The van der Waals surface area contributed by atoms with Gasteiger partial charge in [0.05, 0.1) is 11.4 Å². The monoisotopic (exact) mass is 291 g/mol. The highest BCUT2D eigenvalue weighted by molar-refractivity contribution is 9.10. The predicted molar refractivity (Wildman–Crippen MR) is 74.1 cm³/mol. The van der Waals surface area contributed by atoms with Crippen LogP contribution in [0.1, 0.15) is 11.4 Å². The molecule has 0 amide bonds. The maximum absolute atomic E-state index is 4.56. The lowest BCUT2D eigenvalue weighted by atomic mass is 10.3. The zero-order chi connectivity index (χ0) is 12.3. The van der Waals surface area contributed by atoms with Crippen molar-refractivity contribution in [2.75, 3.05) is 7.05 Å². The molecule has 0 unspecified atom stereocenters. The summed E-state index contributed by atoms with van der Waals surface area (Å²) >= 11 is 3.47. The number of aliphatic imine (C=N–C) groups is 1. The highest BCUT2D eigenvalue weighted by atomic mass is 79.9. The van der Waals surface area contributed by atoms with Crippen LogP contribution < -0.4 is 0 Å². The molecule has 0 N–H and O–H groups in total. The third-order valence-electron chi connectivity index (χ3n) is 2.47. The van der Waals surface area contributed by atoms with Crippen LogP contribution in [0, 0.1) is 6.92 Å². The molecule has 1 heterocycles. The van der Waals surface area contributed by atoms with Gasteiger partial charge in [-0.25, -0.2) is 4.68 Å². The van der Waals surface area contributed by atoms with Gasteiger partial charge >= 0.3 is 0 Å². The summed E-state index contributed by atoms with van der Waals surface area (Å²) in [6, 6.07) is 10.2. The predicted octanol–water partition coefficient (Wildman–Crippen LogP) is 3.19. The quantitative estimate of drug-likeness (QED) is 0.799. The van der Waals surface area contributed by atoms with Crippen LogP contribution in [0.2, 0.25) is 0 Å². The molecular weight excluding hydrogens is 278 g/mol. The highest BCUT2D eigenvalue weighted by Gasteiger charge is 2.05. The van der Waals surface area contributed by atoms with Gasteiger partial charge in [-0.15, -0.1) is 0 Å². The van der Waals surface area contributed by atoms with Crippen LogP contribution in [-0.4, -0.2) is 23.0 Å². The van der Waals surface area contributed by atoms with Gasteiger partial charge in [0.15, 0.2) is 0 Å². The van der Waals surface area contributed by atoms with E-state index in [4.69, 9.17) is 0 Å². The van der Waals surface area contributed by atoms with Crippen molar-refractivity contribution in [1.82, 2.24) is 9.78 Å². The molecule has 1 aromatic carbocycles. The van der Waals surface area contributed by atoms with Gasteiger partial charge in [-0.2, -0.15) is 5.10 Å². The fourth-order valence-electron chi connectivity index (χ4n) is 1.69. The second-order valence-corrected chi connectivity index (χ2v) is 4.73. The summed E-state index contributed by atoms with van der Waals surface area (Å²) in [6.07, 6.45) is 2.64. The molecule has 0 saturated carbocycles. The minimum Gasteiger partial charge on any atom is -0.300 e. The van der Waals surface area contributed by atoms with Gasteiger partial charge in [0.1, 0.15) is 0 Å². The molecule has 1 aromatic heterocycles. The number of rotatable bonds is 3. The molecule has 0 radical (unpaired) electrons. The molecule has 2 aromatic rings. The Morgan fingerprint density at radius 1 is 1.41 bits per heavy atom. The smallest absolute Gasteiger partial charge is 0.0684 e. The van der Waals surface area contributed by atoms with E-state index in [1.165, 1.54) is 0 Å². The van der Waals surface area contributed by atoms with E-state index < -0.39 is 0 Å². The zero-order valence-electron chi connectivity index (χ0n) is 9.89. The highest BCUT2D eigenvalue weighted by Crippen LogP contribution is 2.17. The van der Waals surface area contributed by atoms with E-state index in [9.17, 15) is 0 Å². The lowest BCUT2D eigenvalue weighted by Crippen LogP contribution is -1.99. The Labute approximate surface area is 109 Å². The van der Waals surface area contributed by atoms with Gasteiger partial charge in [-0.3, -0.25) is 0 Å². The summed E-state index contributed by atoms with van der Waals surface area (Å²) in [6.45, 7) is 2.06. The van der Waals surface area contributed by atoms with E-state index in [-0.39, 0.29) is 0 Å². The number of hydrogen-bond acceptors (Lipinski definition) is 2.